The molecule has 1 aliphatic heterocycles. The number of benzene rings is 2. The number of rotatable bonds is 8. The van der Waals surface area contributed by atoms with Crippen molar-refractivity contribution in [2.45, 2.75) is 82.3 Å². The molecule has 1 N–H and O–H groups in total. The highest BCUT2D eigenvalue weighted by Crippen LogP contribution is 2.38. The van der Waals surface area contributed by atoms with Gasteiger partial charge in [0, 0.05) is 11.3 Å². The summed E-state index contributed by atoms with van der Waals surface area (Å²) in [7, 11) is 0. The molecule has 2 aromatic carbocycles. The van der Waals surface area contributed by atoms with Gasteiger partial charge in [-0.15, -0.1) is 0 Å². The first kappa shape index (κ1) is 22.5. The van der Waals surface area contributed by atoms with Crippen LogP contribution in [-0.4, -0.2) is 30.2 Å². The van der Waals surface area contributed by atoms with E-state index in [0.717, 1.165) is 49.0 Å². The molecule has 2 unspecified atom stereocenters. The fourth-order valence-corrected chi connectivity index (χ4v) is 5.14. The highest BCUT2D eigenvalue weighted by molar-refractivity contribution is 7.99. The third kappa shape index (κ3) is 5.98. The van der Waals surface area contributed by atoms with E-state index >= 15 is 0 Å². The van der Waals surface area contributed by atoms with Crippen molar-refractivity contribution in [3.05, 3.63) is 59.2 Å². The van der Waals surface area contributed by atoms with Gasteiger partial charge in [0.15, 0.2) is 0 Å². The zero-order valence-electron chi connectivity index (χ0n) is 19.2. The van der Waals surface area contributed by atoms with Crippen molar-refractivity contribution in [1.82, 2.24) is 5.32 Å². The largest absolute Gasteiger partial charge is 0.490 e. The normalized spacial score (nSPS) is 24.2. The van der Waals surface area contributed by atoms with Gasteiger partial charge >= 0.3 is 0 Å². The summed E-state index contributed by atoms with van der Waals surface area (Å²) < 4.78 is 12.7. The molecule has 1 fully saturated rings. The second kappa shape index (κ2) is 10.8. The van der Waals surface area contributed by atoms with Crippen LogP contribution >= 0.6 is 11.8 Å². The summed E-state index contributed by atoms with van der Waals surface area (Å²) in [6.45, 7) is 5.61. The first-order valence-corrected chi connectivity index (χ1v) is 13.2. The quantitative estimate of drug-likeness (QED) is 0.510. The van der Waals surface area contributed by atoms with E-state index in [1.54, 1.807) is 0 Å². The van der Waals surface area contributed by atoms with Crippen LogP contribution < -0.4 is 14.8 Å². The van der Waals surface area contributed by atoms with E-state index in [2.05, 4.69) is 67.9 Å². The minimum Gasteiger partial charge on any atom is -0.490 e. The third-order valence-electron chi connectivity index (χ3n) is 6.88. The number of fused-ring (bicyclic) bond motifs is 1. The van der Waals surface area contributed by atoms with Crippen LogP contribution in [0.25, 0.3) is 0 Å². The number of hydrogen-bond donors (Lipinski definition) is 1. The summed E-state index contributed by atoms with van der Waals surface area (Å²) in [4.78, 5) is 0. The molecular formula is C27H37NO2S. The third-order valence-corrected chi connectivity index (χ3v) is 7.92. The Morgan fingerprint density at radius 1 is 1.10 bits per heavy atom. The minimum atomic E-state index is 0.155. The van der Waals surface area contributed by atoms with E-state index in [4.69, 9.17) is 9.47 Å². The Morgan fingerprint density at radius 2 is 1.90 bits per heavy atom. The summed E-state index contributed by atoms with van der Waals surface area (Å²) in [6, 6.07) is 15.6. The molecule has 0 spiro atoms. The first-order valence-electron chi connectivity index (χ1n) is 11.9. The van der Waals surface area contributed by atoms with Crippen molar-refractivity contribution in [2.24, 2.45) is 0 Å². The van der Waals surface area contributed by atoms with Gasteiger partial charge < -0.3 is 14.8 Å². The van der Waals surface area contributed by atoms with Gasteiger partial charge in [-0.05, 0) is 99.6 Å². The molecule has 1 saturated carbocycles. The molecule has 0 radical (unpaired) electrons. The van der Waals surface area contributed by atoms with E-state index < -0.39 is 0 Å². The number of hydrogen-bond acceptors (Lipinski definition) is 4. The van der Waals surface area contributed by atoms with Crippen molar-refractivity contribution in [3.63, 3.8) is 0 Å². The Kier molecular flexibility index (Phi) is 7.84. The predicted octanol–water partition coefficient (Wildman–Crippen LogP) is 6.48. The Morgan fingerprint density at radius 3 is 2.68 bits per heavy atom. The molecule has 1 aliphatic carbocycles. The zero-order chi connectivity index (χ0) is 21.6. The topological polar surface area (TPSA) is 30.5 Å². The van der Waals surface area contributed by atoms with E-state index in [0.29, 0.717) is 12.1 Å². The van der Waals surface area contributed by atoms with Crippen molar-refractivity contribution in [3.8, 4) is 11.5 Å². The lowest BCUT2D eigenvalue weighted by Gasteiger charge is -2.31. The van der Waals surface area contributed by atoms with E-state index in [1.165, 1.54) is 36.0 Å². The fourth-order valence-electron chi connectivity index (χ4n) is 4.79. The Hall–Kier alpha value is -1.65. The lowest BCUT2D eigenvalue weighted by molar-refractivity contribution is 0.138. The molecule has 4 heteroatoms. The molecule has 2 aromatic rings. The monoisotopic (exact) mass is 439 g/mol. The van der Waals surface area contributed by atoms with Crippen LogP contribution in [0.3, 0.4) is 0 Å². The van der Waals surface area contributed by atoms with Gasteiger partial charge in [0.25, 0.3) is 0 Å². The van der Waals surface area contributed by atoms with E-state index in [-0.39, 0.29) is 6.10 Å². The minimum absolute atomic E-state index is 0.155. The molecule has 4 rings (SSSR count). The van der Waals surface area contributed by atoms with Crippen LogP contribution in [-0.2, 0) is 6.42 Å². The molecule has 2 aliphatic rings. The van der Waals surface area contributed by atoms with Crippen molar-refractivity contribution in [2.75, 3.05) is 12.8 Å². The smallest absolute Gasteiger partial charge is 0.124 e. The molecule has 0 bridgehead atoms. The second-order valence-corrected chi connectivity index (χ2v) is 10.4. The number of ether oxygens (including phenoxy) is 2. The number of aryl methyl sites for hydroxylation is 2. The Balaban J connectivity index is 1.27. The average molecular weight is 440 g/mol. The van der Waals surface area contributed by atoms with Crippen LogP contribution in [0.4, 0.5) is 0 Å². The van der Waals surface area contributed by atoms with Gasteiger partial charge in [-0.3, -0.25) is 0 Å². The molecule has 2 atom stereocenters. The van der Waals surface area contributed by atoms with Crippen LogP contribution in [0.5, 0.6) is 11.5 Å². The van der Waals surface area contributed by atoms with Gasteiger partial charge in [-0.2, -0.15) is 11.8 Å². The maximum absolute atomic E-state index is 6.37. The summed E-state index contributed by atoms with van der Waals surface area (Å²) in [5.74, 6) is 2.01. The molecule has 3 nitrogen and oxygen atoms in total. The molecule has 0 aromatic heterocycles. The maximum Gasteiger partial charge on any atom is 0.124 e. The maximum atomic E-state index is 6.37. The van der Waals surface area contributed by atoms with Gasteiger partial charge in [0.2, 0.25) is 0 Å². The molecule has 31 heavy (non-hydrogen) atoms. The lowest BCUT2D eigenvalue weighted by atomic mass is 9.92. The van der Waals surface area contributed by atoms with Crippen LogP contribution in [0, 0.1) is 6.92 Å². The molecule has 0 amide bonds. The first-order chi connectivity index (χ1) is 15.1. The number of thioether (sulfide) groups is 1. The van der Waals surface area contributed by atoms with Gasteiger partial charge in [-0.1, -0.05) is 31.2 Å². The van der Waals surface area contributed by atoms with Crippen molar-refractivity contribution < 1.29 is 9.47 Å². The number of nitrogens with one attached hydrogen (secondary N) is 1. The standard InChI is InChI=1S/C27H37NO2S/c1-19-6-4-5-7-25(19)27-14-8-21-18-24(13-15-26(21)30-27)29-23-11-9-22(10-12-23)28-17-16-20(2)31-3/h4-7,13,15,18,20,22-23,27-28H,8-12,14,16-17H2,1-3H3. The Labute approximate surface area is 192 Å². The Bertz CT molecular complexity index is 847. The summed E-state index contributed by atoms with van der Waals surface area (Å²) >= 11 is 1.95. The zero-order valence-corrected chi connectivity index (χ0v) is 20.0. The highest BCUT2D eigenvalue weighted by atomic mass is 32.2. The average Bonchev–Trinajstić information content (AvgIpc) is 2.80. The summed E-state index contributed by atoms with van der Waals surface area (Å²) in [5, 5.41) is 4.49. The van der Waals surface area contributed by atoms with E-state index in [9.17, 15) is 0 Å². The molecule has 1 heterocycles. The van der Waals surface area contributed by atoms with Crippen LogP contribution in [0.2, 0.25) is 0 Å². The van der Waals surface area contributed by atoms with Gasteiger partial charge in [0.1, 0.15) is 17.6 Å². The SMILES string of the molecule is CSC(C)CCNC1CCC(Oc2ccc3c(c2)CCC(c2ccccc2C)O3)CC1. The molecule has 0 saturated heterocycles. The molecule has 168 valence electrons. The van der Waals surface area contributed by atoms with Gasteiger partial charge in [-0.25, -0.2) is 0 Å². The summed E-state index contributed by atoms with van der Waals surface area (Å²) in [5.41, 5.74) is 3.89. The fraction of sp³-hybridized carbons (Fsp3) is 0.556. The van der Waals surface area contributed by atoms with Crippen molar-refractivity contribution in [1.29, 1.82) is 0 Å². The van der Waals surface area contributed by atoms with Gasteiger partial charge in [0.05, 0.1) is 6.10 Å². The predicted molar refractivity (Wildman–Crippen MR) is 132 cm³/mol. The lowest BCUT2D eigenvalue weighted by Crippen LogP contribution is -2.37. The highest BCUT2D eigenvalue weighted by Gasteiger charge is 2.25. The van der Waals surface area contributed by atoms with Crippen molar-refractivity contribution >= 4 is 11.8 Å². The van der Waals surface area contributed by atoms with Crippen LogP contribution in [0.15, 0.2) is 42.5 Å². The molecular weight excluding hydrogens is 402 g/mol. The van der Waals surface area contributed by atoms with E-state index in [1.807, 2.05) is 11.8 Å². The second-order valence-electron chi connectivity index (χ2n) is 9.15. The van der Waals surface area contributed by atoms with Crippen LogP contribution in [0.1, 0.15) is 68.2 Å². The summed E-state index contributed by atoms with van der Waals surface area (Å²) in [6.07, 6.45) is 10.7.